The third kappa shape index (κ3) is 4.05. The molecule has 158 valence electrons. The highest BCUT2D eigenvalue weighted by atomic mass is 16.6. The number of piperidine rings is 2. The zero-order chi connectivity index (χ0) is 21.2. The van der Waals surface area contributed by atoms with Gasteiger partial charge in [-0.2, -0.15) is 0 Å². The summed E-state index contributed by atoms with van der Waals surface area (Å²) < 4.78 is 5.63. The number of benzene rings is 2. The van der Waals surface area contributed by atoms with Crippen LogP contribution in [-0.4, -0.2) is 33.8 Å². The molecule has 5 heteroatoms. The van der Waals surface area contributed by atoms with Crippen molar-refractivity contribution in [3.05, 3.63) is 78.1 Å². The van der Waals surface area contributed by atoms with Crippen LogP contribution in [0.25, 0.3) is 10.8 Å². The number of amides is 1. The Hall–Kier alpha value is -3.21. The topological polar surface area (TPSA) is 59.5 Å². The maximum absolute atomic E-state index is 13.3. The van der Waals surface area contributed by atoms with E-state index < -0.39 is 0 Å². The molecule has 5 nitrogen and oxygen atoms in total. The first-order valence-corrected chi connectivity index (χ1v) is 11.1. The highest BCUT2D eigenvalue weighted by Crippen LogP contribution is 2.39. The lowest BCUT2D eigenvalue weighted by atomic mass is 9.75. The lowest BCUT2D eigenvalue weighted by molar-refractivity contribution is 0.00473. The zero-order valence-corrected chi connectivity index (χ0v) is 17.4. The number of rotatable bonds is 4. The summed E-state index contributed by atoms with van der Waals surface area (Å²) in [6.07, 6.45) is 7.71. The summed E-state index contributed by atoms with van der Waals surface area (Å²) >= 11 is 0. The Morgan fingerprint density at radius 3 is 2.52 bits per heavy atom. The monoisotopic (exact) mass is 414 g/mol. The molecular formula is C26H26N2O3. The fraction of sp³-hybridized carbons (Fsp3) is 0.346. The highest BCUT2D eigenvalue weighted by molar-refractivity contribution is 6.01. The van der Waals surface area contributed by atoms with E-state index in [1.54, 1.807) is 6.20 Å². The van der Waals surface area contributed by atoms with Gasteiger partial charge in [0.1, 0.15) is 6.61 Å². The molecule has 0 saturated carbocycles. The number of nitrogens with zero attached hydrogens (tertiary/aromatic N) is 2. The molecule has 5 rings (SSSR count). The van der Waals surface area contributed by atoms with Gasteiger partial charge in [-0.3, -0.25) is 9.78 Å². The van der Waals surface area contributed by atoms with Gasteiger partial charge < -0.3 is 9.64 Å². The van der Waals surface area contributed by atoms with Crippen LogP contribution < -0.4 is 0 Å². The maximum Gasteiger partial charge on any atom is 0.410 e. The molecule has 2 saturated heterocycles. The summed E-state index contributed by atoms with van der Waals surface area (Å²) in [4.78, 5) is 32.3. The maximum atomic E-state index is 13.3. The van der Waals surface area contributed by atoms with Gasteiger partial charge in [0.05, 0.1) is 0 Å². The second kappa shape index (κ2) is 8.50. The molecule has 3 heterocycles. The van der Waals surface area contributed by atoms with E-state index in [2.05, 4.69) is 4.98 Å². The molecule has 2 unspecified atom stereocenters. The van der Waals surface area contributed by atoms with Crippen LogP contribution in [0.4, 0.5) is 4.79 Å². The Labute approximate surface area is 182 Å². The molecule has 2 atom stereocenters. The van der Waals surface area contributed by atoms with E-state index in [1.165, 1.54) is 0 Å². The number of hydrogen-bond donors (Lipinski definition) is 0. The number of pyridine rings is 1. The average Bonchev–Trinajstić information content (AvgIpc) is 2.81. The molecule has 3 aromatic rings. The molecule has 31 heavy (non-hydrogen) atoms. The Morgan fingerprint density at radius 2 is 1.74 bits per heavy atom. The lowest BCUT2D eigenvalue weighted by Gasteiger charge is -2.47. The van der Waals surface area contributed by atoms with Gasteiger partial charge in [-0.15, -0.1) is 0 Å². The lowest BCUT2D eigenvalue weighted by Crippen LogP contribution is -2.55. The van der Waals surface area contributed by atoms with E-state index in [0.717, 1.165) is 41.2 Å². The van der Waals surface area contributed by atoms with Gasteiger partial charge in [0.25, 0.3) is 0 Å². The molecule has 2 aromatic carbocycles. The van der Waals surface area contributed by atoms with Crippen LogP contribution in [0, 0.1) is 5.92 Å². The second-order valence-corrected chi connectivity index (χ2v) is 8.66. The summed E-state index contributed by atoms with van der Waals surface area (Å²) in [5.41, 5.74) is 1.74. The highest BCUT2D eigenvalue weighted by Gasteiger charge is 2.43. The second-order valence-electron chi connectivity index (χ2n) is 8.66. The van der Waals surface area contributed by atoms with Crippen molar-refractivity contribution in [2.45, 2.75) is 50.8 Å². The Balaban J connectivity index is 1.29. The van der Waals surface area contributed by atoms with Gasteiger partial charge in [-0.05, 0) is 55.2 Å². The van der Waals surface area contributed by atoms with Gasteiger partial charge in [0.15, 0.2) is 5.78 Å². The predicted molar refractivity (Wildman–Crippen MR) is 119 cm³/mol. The van der Waals surface area contributed by atoms with Crippen LogP contribution in [0.15, 0.2) is 67.0 Å². The van der Waals surface area contributed by atoms with Gasteiger partial charge in [0.2, 0.25) is 0 Å². The molecule has 0 spiro atoms. The number of fused-ring (bicyclic) bond motifs is 3. The predicted octanol–water partition coefficient (Wildman–Crippen LogP) is 5.39. The number of ether oxygens (including phenoxy) is 1. The Morgan fingerprint density at radius 1 is 0.968 bits per heavy atom. The minimum atomic E-state index is -0.248. The van der Waals surface area contributed by atoms with Crippen molar-refractivity contribution in [2.24, 2.45) is 5.92 Å². The van der Waals surface area contributed by atoms with E-state index in [4.69, 9.17) is 4.74 Å². The molecule has 0 radical (unpaired) electrons. The van der Waals surface area contributed by atoms with Crippen molar-refractivity contribution in [1.82, 2.24) is 9.88 Å². The molecule has 2 aliphatic rings. The quantitative estimate of drug-likeness (QED) is 0.537. The third-order valence-electron chi connectivity index (χ3n) is 6.69. The number of carbonyl (C=O) groups is 2. The van der Waals surface area contributed by atoms with Gasteiger partial charge in [-0.25, -0.2) is 4.79 Å². The summed E-state index contributed by atoms with van der Waals surface area (Å²) in [5, 5.41) is 2.06. The van der Waals surface area contributed by atoms with Crippen LogP contribution in [-0.2, 0) is 11.3 Å². The Bertz CT molecular complexity index is 1080. The number of hydrogen-bond acceptors (Lipinski definition) is 4. The van der Waals surface area contributed by atoms with Crippen molar-refractivity contribution < 1.29 is 14.3 Å². The van der Waals surface area contributed by atoms with E-state index >= 15 is 0 Å². The van der Waals surface area contributed by atoms with E-state index in [-0.39, 0.29) is 36.5 Å². The summed E-state index contributed by atoms with van der Waals surface area (Å²) in [6.45, 7) is 0.282. The van der Waals surface area contributed by atoms with Crippen LogP contribution in [0.3, 0.4) is 0 Å². The molecule has 1 amide bonds. The van der Waals surface area contributed by atoms with Crippen LogP contribution in [0.5, 0.6) is 0 Å². The summed E-state index contributed by atoms with van der Waals surface area (Å²) in [6, 6.07) is 17.7. The van der Waals surface area contributed by atoms with Gasteiger partial charge in [-0.1, -0.05) is 42.5 Å². The normalized spacial score (nSPS) is 22.8. The van der Waals surface area contributed by atoms with Crippen molar-refractivity contribution in [1.29, 1.82) is 0 Å². The van der Waals surface area contributed by atoms with E-state index in [9.17, 15) is 9.59 Å². The largest absolute Gasteiger partial charge is 0.445 e. The molecule has 2 aliphatic heterocycles. The number of Topliss-reactive ketones (excluding diaryl/α,β-unsaturated/α-hetero) is 1. The Kier molecular flexibility index (Phi) is 5.41. The first-order valence-electron chi connectivity index (χ1n) is 11.1. The summed E-state index contributed by atoms with van der Waals surface area (Å²) in [5.74, 6) is 0.140. The molecular weight excluding hydrogens is 388 g/mol. The molecule has 2 fully saturated rings. The number of carbonyl (C=O) groups excluding carboxylic acids is 2. The standard InChI is InChI=1S/C26H26N2O3/c29-25(20-9-10-21-16-27-12-11-19(21)13-20)22-14-23-7-4-8-24(15-22)28(23)26(30)31-17-18-5-2-1-3-6-18/h1-3,5-6,9-13,16,22-24H,4,7-8,14-15,17H2. The molecule has 2 bridgehead atoms. The minimum Gasteiger partial charge on any atom is -0.445 e. The van der Waals surface area contributed by atoms with Crippen LogP contribution >= 0.6 is 0 Å². The van der Waals surface area contributed by atoms with Crippen molar-refractivity contribution >= 4 is 22.6 Å². The van der Waals surface area contributed by atoms with E-state index in [1.807, 2.05) is 65.7 Å². The van der Waals surface area contributed by atoms with Crippen LogP contribution in [0.1, 0.15) is 48.0 Å². The first-order chi connectivity index (χ1) is 15.2. The van der Waals surface area contributed by atoms with Crippen molar-refractivity contribution in [2.75, 3.05) is 0 Å². The fourth-order valence-electron chi connectivity index (χ4n) is 5.16. The summed E-state index contributed by atoms with van der Waals surface area (Å²) in [7, 11) is 0. The number of ketones is 1. The molecule has 1 aromatic heterocycles. The fourth-order valence-corrected chi connectivity index (χ4v) is 5.16. The van der Waals surface area contributed by atoms with E-state index in [0.29, 0.717) is 12.8 Å². The SMILES string of the molecule is O=C(c1ccc2cnccc2c1)C1CC2CCCC(C1)N2C(=O)OCc1ccccc1. The zero-order valence-electron chi connectivity index (χ0n) is 17.4. The smallest absolute Gasteiger partial charge is 0.410 e. The average molecular weight is 415 g/mol. The van der Waals surface area contributed by atoms with Gasteiger partial charge in [0, 0.05) is 41.3 Å². The number of aromatic nitrogens is 1. The van der Waals surface area contributed by atoms with Crippen molar-refractivity contribution in [3.63, 3.8) is 0 Å². The minimum absolute atomic E-state index is 0.0484. The third-order valence-corrected chi connectivity index (χ3v) is 6.69. The van der Waals surface area contributed by atoms with Crippen LogP contribution in [0.2, 0.25) is 0 Å². The van der Waals surface area contributed by atoms with Gasteiger partial charge >= 0.3 is 6.09 Å². The molecule has 0 aliphatic carbocycles. The van der Waals surface area contributed by atoms with Crippen molar-refractivity contribution in [3.8, 4) is 0 Å². The molecule has 0 N–H and O–H groups in total. The first kappa shape index (κ1) is 19.7.